The normalized spacial score (nSPS) is 12.7. The molecule has 1 atom stereocenters. The molecule has 7 nitrogen and oxygen atoms in total. The summed E-state index contributed by atoms with van der Waals surface area (Å²) in [7, 11) is 0. The zero-order valence-electron chi connectivity index (χ0n) is 11.9. The van der Waals surface area contributed by atoms with Crippen molar-refractivity contribution in [1.29, 1.82) is 0 Å². The van der Waals surface area contributed by atoms with Gasteiger partial charge in [-0.2, -0.15) is 0 Å². The van der Waals surface area contributed by atoms with Crippen LogP contribution in [0, 0.1) is 0 Å². The van der Waals surface area contributed by atoms with Gasteiger partial charge in [-0.25, -0.2) is 4.79 Å². The summed E-state index contributed by atoms with van der Waals surface area (Å²) in [6.45, 7) is -3.93. The second kappa shape index (κ2) is 6.92. The minimum atomic E-state index is -3.93. The van der Waals surface area contributed by atoms with Gasteiger partial charge in [0.15, 0.2) is 0 Å². The SMILES string of the molecule is O=C(Cc1cccs1)N[C@@H](c1cccc(C(=O)O)c1)[B-](O)(O)O. The van der Waals surface area contributed by atoms with E-state index in [0.29, 0.717) is 0 Å². The Hall–Kier alpha value is -2.20. The Labute approximate surface area is 135 Å². The largest absolute Gasteiger partial charge is 0.558 e. The van der Waals surface area contributed by atoms with Crippen LogP contribution >= 0.6 is 11.3 Å². The van der Waals surface area contributed by atoms with Crippen LogP contribution in [0.4, 0.5) is 0 Å². The predicted molar refractivity (Wildman–Crippen MR) is 84.7 cm³/mol. The minimum absolute atomic E-state index is 0.0128. The van der Waals surface area contributed by atoms with Crippen LogP contribution in [-0.4, -0.2) is 38.8 Å². The number of hydrogen-bond acceptors (Lipinski definition) is 6. The highest BCUT2D eigenvalue weighted by Gasteiger charge is 2.32. The summed E-state index contributed by atoms with van der Waals surface area (Å²) in [4.78, 5) is 23.8. The van der Waals surface area contributed by atoms with Crippen molar-refractivity contribution in [3.05, 3.63) is 57.8 Å². The Morgan fingerprint density at radius 2 is 1.91 bits per heavy atom. The number of rotatable bonds is 6. The molecule has 122 valence electrons. The summed E-state index contributed by atoms with van der Waals surface area (Å²) >= 11 is 1.37. The number of hydrogen-bond donors (Lipinski definition) is 5. The molecular weight excluding hydrogens is 321 g/mol. The number of nitrogens with one attached hydrogen (secondary N) is 1. The van der Waals surface area contributed by atoms with Crippen molar-refractivity contribution in [3.63, 3.8) is 0 Å². The monoisotopic (exact) mass is 336 g/mol. The molecule has 1 amide bonds. The van der Waals surface area contributed by atoms with E-state index in [2.05, 4.69) is 5.32 Å². The summed E-state index contributed by atoms with van der Waals surface area (Å²) < 4.78 is 0. The lowest BCUT2D eigenvalue weighted by Crippen LogP contribution is -2.51. The standard InChI is InChI=1S/C14H15BNO6S/c17-12(8-11-5-2-6-23-11)16-13(15(20,21)22)9-3-1-4-10(7-9)14(18)19/h1-7,13,20-22H,8H2,(H,16,17)(H,18,19)/q-1/t13-/m0/s1. The van der Waals surface area contributed by atoms with Crippen molar-refractivity contribution in [1.82, 2.24) is 5.32 Å². The average molecular weight is 336 g/mol. The van der Waals surface area contributed by atoms with Gasteiger partial charge in [0.05, 0.1) is 12.0 Å². The van der Waals surface area contributed by atoms with Gasteiger partial charge in [-0.15, -0.1) is 11.3 Å². The fourth-order valence-electron chi connectivity index (χ4n) is 2.11. The third-order valence-corrected chi connectivity index (χ3v) is 4.05. The first-order valence-corrected chi connectivity index (χ1v) is 7.62. The van der Waals surface area contributed by atoms with Gasteiger partial charge >= 0.3 is 12.7 Å². The van der Waals surface area contributed by atoms with Crippen molar-refractivity contribution < 1.29 is 29.8 Å². The molecule has 0 fully saturated rings. The van der Waals surface area contributed by atoms with E-state index in [1.807, 2.05) is 0 Å². The van der Waals surface area contributed by atoms with E-state index in [1.165, 1.54) is 29.5 Å². The number of carboxylic acids is 1. The molecule has 1 aromatic heterocycles. The molecule has 0 radical (unpaired) electrons. The molecule has 0 aliphatic heterocycles. The number of carbonyl (C=O) groups excluding carboxylic acids is 1. The van der Waals surface area contributed by atoms with Crippen LogP contribution in [0.15, 0.2) is 41.8 Å². The zero-order valence-corrected chi connectivity index (χ0v) is 12.7. The molecule has 5 N–H and O–H groups in total. The minimum Gasteiger partial charge on any atom is -0.558 e. The number of amides is 1. The molecule has 0 saturated carbocycles. The summed E-state index contributed by atoms with van der Waals surface area (Å²) in [6.07, 6.45) is 0.0128. The Bertz CT molecular complexity index is 698. The number of thiophene rings is 1. The third-order valence-electron chi connectivity index (χ3n) is 3.17. The molecule has 1 aromatic carbocycles. The molecule has 1 heterocycles. The Morgan fingerprint density at radius 1 is 1.17 bits per heavy atom. The van der Waals surface area contributed by atoms with Gasteiger partial charge in [-0.3, -0.25) is 4.79 Å². The molecule has 0 aliphatic rings. The van der Waals surface area contributed by atoms with Crippen LogP contribution in [0.3, 0.4) is 0 Å². The fourth-order valence-corrected chi connectivity index (χ4v) is 2.82. The van der Waals surface area contributed by atoms with Crippen LogP contribution in [0.5, 0.6) is 0 Å². The molecule has 0 aliphatic carbocycles. The lowest BCUT2D eigenvalue weighted by atomic mass is 9.66. The van der Waals surface area contributed by atoms with Crippen molar-refractivity contribution >= 4 is 30.0 Å². The maximum absolute atomic E-state index is 12.0. The van der Waals surface area contributed by atoms with E-state index in [9.17, 15) is 24.7 Å². The van der Waals surface area contributed by atoms with Crippen LogP contribution in [0.2, 0.25) is 0 Å². The van der Waals surface area contributed by atoms with E-state index in [4.69, 9.17) is 5.11 Å². The topological polar surface area (TPSA) is 127 Å². The first kappa shape index (κ1) is 17.2. The van der Waals surface area contributed by atoms with E-state index in [-0.39, 0.29) is 17.5 Å². The van der Waals surface area contributed by atoms with Gasteiger partial charge in [-0.05, 0) is 23.6 Å². The van der Waals surface area contributed by atoms with Crippen LogP contribution in [-0.2, 0) is 11.2 Å². The van der Waals surface area contributed by atoms with E-state index in [1.54, 1.807) is 17.5 Å². The smallest absolute Gasteiger partial charge is 0.398 e. The van der Waals surface area contributed by atoms with Crippen LogP contribution in [0.1, 0.15) is 26.7 Å². The van der Waals surface area contributed by atoms with Gasteiger partial charge < -0.3 is 25.5 Å². The van der Waals surface area contributed by atoms with Crippen molar-refractivity contribution in [2.75, 3.05) is 0 Å². The highest BCUT2D eigenvalue weighted by molar-refractivity contribution is 7.10. The first-order valence-electron chi connectivity index (χ1n) is 6.74. The molecule has 9 heteroatoms. The van der Waals surface area contributed by atoms with Crippen molar-refractivity contribution in [3.8, 4) is 0 Å². The van der Waals surface area contributed by atoms with Crippen LogP contribution < -0.4 is 5.32 Å². The lowest BCUT2D eigenvalue weighted by molar-refractivity contribution is -0.121. The summed E-state index contributed by atoms with van der Waals surface area (Å²) in [6, 6.07) is 8.79. The Kier molecular flexibility index (Phi) is 5.17. The van der Waals surface area contributed by atoms with E-state index in [0.717, 1.165) is 10.9 Å². The Balaban J connectivity index is 2.22. The molecular formula is C14H15BNO6S-. The Morgan fingerprint density at radius 3 is 2.48 bits per heavy atom. The molecule has 2 rings (SSSR count). The van der Waals surface area contributed by atoms with Gasteiger partial charge in [0.2, 0.25) is 5.91 Å². The van der Waals surface area contributed by atoms with E-state index < -0.39 is 24.6 Å². The molecule has 0 unspecified atom stereocenters. The molecule has 2 aromatic rings. The van der Waals surface area contributed by atoms with Gasteiger partial charge in [0.25, 0.3) is 0 Å². The van der Waals surface area contributed by atoms with E-state index >= 15 is 0 Å². The van der Waals surface area contributed by atoms with Gasteiger partial charge in [-0.1, -0.05) is 23.8 Å². The maximum atomic E-state index is 12.0. The van der Waals surface area contributed by atoms with Crippen LogP contribution in [0.25, 0.3) is 0 Å². The number of aromatic carboxylic acids is 1. The van der Waals surface area contributed by atoms with Crippen molar-refractivity contribution in [2.24, 2.45) is 0 Å². The van der Waals surface area contributed by atoms with Gasteiger partial charge in [0, 0.05) is 10.8 Å². The highest BCUT2D eigenvalue weighted by Crippen LogP contribution is 2.21. The quantitative estimate of drug-likeness (QED) is 0.483. The molecule has 0 saturated heterocycles. The molecule has 23 heavy (non-hydrogen) atoms. The summed E-state index contributed by atoms with van der Waals surface area (Å²) in [5.41, 5.74) is -0.0167. The predicted octanol–water partition coefficient (Wildman–Crippen LogP) is 0.301. The molecule has 0 bridgehead atoms. The number of carboxylic acid groups (broad SMARTS) is 1. The second-order valence-corrected chi connectivity index (χ2v) is 6.06. The fraction of sp³-hybridized carbons (Fsp3) is 0.143. The second-order valence-electron chi connectivity index (χ2n) is 5.03. The lowest BCUT2D eigenvalue weighted by Gasteiger charge is -2.33. The van der Waals surface area contributed by atoms with Gasteiger partial charge in [0.1, 0.15) is 0 Å². The first-order chi connectivity index (χ1) is 10.8. The highest BCUT2D eigenvalue weighted by atomic mass is 32.1. The molecule has 0 spiro atoms. The number of benzene rings is 1. The number of carbonyl (C=O) groups is 2. The summed E-state index contributed by atoms with van der Waals surface area (Å²) in [5.74, 6) is -3.26. The third kappa shape index (κ3) is 4.63. The zero-order chi connectivity index (χ0) is 17.0. The maximum Gasteiger partial charge on any atom is 0.398 e. The van der Waals surface area contributed by atoms with Crippen molar-refractivity contribution in [2.45, 2.75) is 12.4 Å². The summed E-state index contributed by atoms with van der Waals surface area (Å²) in [5, 5.41) is 41.8. The average Bonchev–Trinajstić information content (AvgIpc) is 2.96.